The second-order valence-corrected chi connectivity index (χ2v) is 6.28. The van der Waals surface area contributed by atoms with Gasteiger partial charge in [0.15, 0.2) is 0 Å². The van der Waals surface area contributed by atoms with Crippen LogP contribution in [0.15, 0.2) is 36.4 Å². The van der Waals surface area contributed by atoms with Crippen LogP contribution in [-0.4, -0.2) is 10.5 Å². The lowest BCUT2D eigenvalue weighted by atomic mass is 10.1. The molecule has 1 amide bonds. The SMILES string of the molecule is Cc1cc(/C=C/C(=O)Nc2ccc(CC#N)cc2)c(C)n1C1CC1. The van der Waals surface area contributed by atoms with E-state index in [0.717, 1.165) is 16.8 Å². The first kappa shape index (κ1) is 16.1. The Morgan fingerprint density at radius 1 is 1.33 bits per heavy atom. The number of nitrogens with one attached hydrogen (secondary N) is 1. The van der Waals surface area contributed by atoms with Gasteiger partial charge >= 0.3 is 0 Å². The maximum atomic E-state index is 12.1. The lowest BCUT2D eigenvalue weighted by Crippen LogP contribution is -2.07. The van der Waals surface area contributed by atoms with Crippen molar-refractivity contribution >= 4 is 17.7 Å². The molecule has 0 radical (unpaired) electrons. The van der Waals surface area contributed by atoms with Gasteiger partial charge in [-0.05, 0) is 62.1 Å². The van der Waals surface area contributed by atoms with Gasteiger partial charge < -0.3 is 9.88 Å². The molecule has 122 valence electrons. The molecular formula is C20H21N3O. The molecule has 0 bridgehead atoms. The third-order valence-corrected chi connectivity index (χ3v) is 4.35. The predicted octanol–water partition coefficient (Wildman–Crippen LogP) is 4.16. The van der Waals surface area contributed by atoms with Crippen molar-refractivity contribution in [2.75, 3.05) is 5.32 Å². The average Bonchev–Trinajstić information content (AvgIpc) is 3.34. The van der Waals surface area contributed by atoms with Crippen LogP contribution in [0.25, 0.3) is 6.08 Å². The first-order valence-electron chi connectivity index (χ1n) is 8.22. The Morgan fingerprint density at radius 2 is 2.04 bits per heavy atom. The third-order valence-electron chi connectivity index (χ3n) is 4.35. The van der Waals surface area contributed by atoms with Gasteiger partial charge in [-0.25, -0.2) is 0 Å². The van der Waals surface area contributed by atoms with Crippen molar-refractivity contribution in [1.82, 2.24) is 4.57 Å². The average molecular weight is 319 g/mol. The molecule has 1 aromatic carbocycles. The number of nitrogens with zero attached hydrogens (tertiary/aromatic N) is 2. The van der Waals surface area contributed by atoms with Crippen LogP contribution < -0.4 is 5.32 Å². The van der Waals surface area contributed by atoms with Crippen molar-refractivity contribution in [1.29, 1.82) is 5.26 Å². The van der Waals surface area contributed by atoms with Crippen LogP contribution in [-0.2, 0) is 11.2 Å². The van der Waals surface area contributed by atoms with E-state index in [0.29, 0.717) is 12.5 Å². The highest BCUT2D eigenvalue weighted by Crippen LogP contribution is 2.38. The Kier molecular flexibility index (Phi) is 4.52. The molecule has 4 heteroatoms. The number of nitriles is 1. The fraction of sp³-hybridized carbons (Fsp3) is 0.300. The highest BCUT2D eigenvalue weighted by Gasteiger charge is 2.26. The van der Waals surface area contributed by atoms with Crippen LogP contribution in [0.3, 0.4) is 0 Å². The number of carbonyl (C=O) groups excluding carboxylic acids is 1. The first-order chi connectivity index (χ1) is 11.6. The summed E-state index contributed by atoms with van der Waals surface area (Å²) in [6.45, 7) is 4.22. The summed E-state index contributed by atoms with van der Waals surface area (Å²) in [6.07, 6.45) is 6.33. The Labute approximate surface area is 142 Å². The molecule has 0 unspecified atom stereocenters. The summed E-state index contributed by atoms with van der Waals surface area (Å²) in [7, 11) is 0. The monoisotopic (exact) mass is 319 g/mol. The molecule has 4 nitrogen and oxygen atoms in total. The van der Waals surface area contributed by atoms with E-state index < -0.39 is 0 Å². The molecule has 2 aromatic rings. The summed E-state index contributed by atoms with van der Waals surface area (Å²) >= 11 is 0. The molecule has 0 saturated heterocycles. The minimum Gasteiger partial charge on any atom is -0.346 e. The highest BCUT2D eigenvalue weighted by molar-refractivity contribution is 6.02. The van der Waals surface area contributed by atoms with Gasteiger partial charge in [0.1, 0.15) is 0 Å². The molecule has 24 heavy (non-hydrogen) atoms. The smallest absolute Gasteiger partial charge is 0.248 e. The van der Waals surface area contributed by atoms with Crippen molar-refractivity contribution in [3.63, 3.8) is 0 Å². The number of carbonyl (C=O) groups is 1. The van der Waals surface area contributed by atoms with Gasteiger partial charge in [-0.3, -0.25) is 4.79 Å². The Morgan fingerprint density at radius 3 is 2.67 bits per heavy atom. The molecule has 0 atom stereocenters. The van der Waals surface area contributed by atoms with Gasteiger partial charge in [0.05, 0.1) is 12.5 Å². The fourth-order valence-corrected chi connectivity index (χ4v) is 3.01. The quantitative estimate of drug-likeness (QED) is 0.841. The Balaban J connectivity index is 1.65. The predicted molar refractivity (Wildman–Crippen MR) is 95.6 cm³/mol. The summed E-state index contributed by atoms with van der Waals surface area (Å²) in [5, 5.41) is 11.5. The summed E-state index contributed by atoms with van der Waals surface area (Å²) in [5.41, 5.74) is 5.25. The highest BCUT2D eigenvalue weighted by atomic mass is 16.1. The number of rotatable bonds is 5. The van der Waals surface area contributed by atoms with E-state index in [2.05, 4.69) is 35.9 Å². The van der Waals surface area contributed by atoms with Crippen LogP contribution in [0.2, 0.25) is 0 Å². The normalized spacial score (nSPS) is 13.9. The van der Waals surface area contributed by atoms with Crippen molar-refractivity contribution in [2.24, 2.45) is 0 Å². The number of aromatic nitrogens is 1. The molecule has 1 N–H and O–H groups in total. The zero-order chi connectivity index (χ0) is 17.1. The largest absolute Gasteiger partial charge is 0.346 e. The van der Waals surface area contributed by atoms with Crippen molar-refractivity contribution in [3.8, 4) is 6.07 Å². The molecule has 3 rings (SSSR count). The van der Waals surface area contributed by atoms with Crippen molar-refractivity contribution in [2.45, 2.75) is 39.2 Å². The summed E-state index contributed by atoms with van der Waals surface area (Å²) in [4.78, 5) is 12.1. The molecule has 1 fully saturated rings. The van der Waals surface area contributed by atoms with Gasteiger partial charge in [0.25, 0.3) is 0 Å². The van der Waals surface area contributed by atoms with Gasteiger partial charge in [-0.1, -0.05) is 12.1 Å². The number of anilines is 1. The van der Waals surface area contributed by atoms with E-state index >= 15 is 0 Å². The molecule has 1 aliphatic rings. The Hall–Kier alpha value is -2.80. The second-order valence-electron chi connectivity index (χ2n) is 6.28. The zero-order valence-corrected chi connectivity index (χ0v) is 14.0. The minimum absolute atomic E-state index is 0.153. The molecule has 0 spiro atoms. The maximum absolute atomic E-state index is 12.1. The summed E-state index contributed by atoms with van der Waals surface area (Å²) in [6, 6.07) is 12.2. The second kappa shape index (κ2) is 6.76. The Bertz CT molecular complexity index is 818. The molecule has 1 aliphatic carbocycles. The zero-order valence-electron chi connectivity index (χ0n) is 14.0. The van der Waals surface area contributed by atoms with E-state index in [1.54, 1.807) is 6.08 Å². The van der Waals surface area contributed by atoms with Crippen molar-refractivity contribution < 1.29 is 4.79 Å². The van der Waals surface area contributed by atoms with Gasteiger partial charge in [0.2, 0.25) is 5.91 Å². The number of amides is 1. The summed E-state index contributed by atoms with van der Waals surface area (Å²) in [5.74, 6) is -0.153. The van der Waals surface area contributed by atoms with Crippen LogP contribution in [0.1, 0.15) is 41.4 Å². The van der Waals surface area contributed by atoms with Gasteiger partial charge in [-0.15, -0.1) is 0 Å². The first-order valence-corrected chi connectivity index (χ1v) is 8.22. The van der Waals surface area contributed by atoms with Crippen LogP contribution in [0.5, 0.6) is 0 Å². The topological polar surface area (TPSA) is 57.8 Å². The number of hydrogen-bond donors (Lipinski definition) is 1. The fourth-order valence-electron chi connectivity index (χ4n) is 3.01. The van der Waals surface area contributed by atoms with E-state index in [9.17, 15) is 4.79 Å². The van der Waals surface area contributed by atoms with E-state index in [4.69, 9.17) is 5.26 Å². The molecule has 0 aliphatic heterocycles. The molecule has 1 heterocycles. The van der Waals surface area contributed by atoms with Gasteiger partial charge in [-0.2, -0.15) is 5.26 Å². The number of aryl methyl sites for hydroxylation is 1. The third kappa shape index (κ3) is 3.57. The lowest BCUT2D eigenvalue weighted by Gasteiger charge is -2.06. The van der Waals surface area contributed by atoms with Crippen molar-refractivity contribution in [3.05, 3.63) is 58.9 Å². The van der Waals surface area contributed by atoms with Crippen LogP contribution in [0, 0.1) is 25.2 Å². The van der Waals surface area contributed by atoms with Crippen LogP contribution >= 0.6 is 0 Å². The standard InChI is InChI=1S/C20H21N3O/c1-14-13-17(15(2)23(14)19-8-9-19)5-10-20(24)22-18-6-3-16(4-7-18)11-12-21/h3-7,10,13,19H,8-9,11H2,1-2H3,(H,22,24)/b10-5+. The molecule has 1 aromatic heterocycles. The minimum atomic E-state index is -0.153. The molecule has 1 saturated carbocycles. The lowest BCUT2D eigenvalue weighted by molar-refractivity contribution is -0.111. The van der Waals surface area contributed by atoms with E-state index in [-0.39, 0.29) is 5.91 Å². The van der Waals surface area contributed by atoms with E-state index in [1.165, 1.54) is 24.2 Å². The van der Waals surface area contributed by atoms with Crippen LogP contribution in [0.4, 0.5) is 5.69 Å². The number of benzene rings is 1. The summed E-state index contributed by atoms with van der Waals surface area (Å²) < 4.78 is 2.37. The molecular weight excluding hydrogens is 298 g/mol. The van der Waals surface area contributed by atoms with Gasteiger partial charge in [0, 0.05) is 29.2 Å². The maximum Gasteiger partial charge on any atom is 0.248 e. The van der Waals surface area contributed by atoms with E-state index in [1.807, 2.05) is 30.3 Å². The number of hydrogen-bond acceptors (Lipinski definition) is 2.